The summed E-state index contributed by atoms with van der Waals surface area (Å²) in [5, 5.41) is 0.0781. The molecule has 1 atom stereocenters. The standard InChI is InChI=1S/C18H28N4O4S/c1-5-6-7-8-9-10-11-22-13-14(21(3)17(25)20-15(13)23)19-18(22)27-12(2)16(24)26-4/h12H,5-11H2,1-4H3,(H,20,23,25)/t12-/m1/s1. The monoisotopic (exact) mass is 396 g/mol. The highest BCUT2D eigenvalue weighted by molar-refractivity contribution is 8.00. The molecule has 0 bridgehead atoms. The number of rotatable bonds is 10. The van der Waals surface area contributed by atoms with Crippen LogP contribution in [0.1, 0.15) is 52.4 Å². The highest BCUT2D eigenvalue weighted by Crippen LogP contribution is 2.26. The van der Waals surface area contributed by atoms with E-state index in [1.807, 2.05) is 4.57 Å². The summed E-state index contributed by atoms with van der Waals surface area (Å²) in [5.41, 5.74) is -0.266. The molecule has 0 unspecified atom stereocenters. The molecule has 0 aliphatic rings. The number of unbranched alkanes of at least 4 members (excludes halogenated alkanes) is 5. The van der Waals surface area contributed by atoms with E-state index in [1.165, 1.54) is 42.7 Å². The summed E-state index contributed by atoms with van der Waals surface area (Å²) >= 11 is 1.23. The van der Waals surface area contributed by atoms with E-state index in [9.17, 15) is 14.4 Å². The van der Waals surface area contributed by atoms with Gasteiger partial charge in [-0.2, -0.15) is 0 Å². The maximum atomic E-state index is 12.4. The summed E-state index contributed by atoms with van der Waals surface area (Å²) in [5.74, 6) is -0.360. The molecule has 0 aliphatic carbocycles. The number of aryl methyl sites for hydroxylation is 2. The third-order valence-electron chi connectivity index (χ3n) is 4.52. The lowest BCUT2D eigenvalue weighted by atomic mass is 10.1. The SMILES string of the molecule is CCCCCCCCn1c(S[C@H](C)C(=O)OC)nc2c1c(=O)[nH]c(=O)n2C. The van der Waals surface area contributed by atoms with Crippen LogP contribution in [0.2, 0.25) is 0 Å². The lowest BCUT2D eigenvalue weighted by Gasteiger charge is -2.11. The average molecular weight is 397 g/mol. The zero-order valence-electron chi connectivity index (χ0n) is 16.4. The number of hydrogen-bond acceptors (Lipinski definition) is 6. The van der Waals surface area contributed by atoms with E-state index in [2.05, 4.69) is 16.9 Å². The number of fused-ring (bicyclic) bond motifs is 1. The van der Waals surface area contributed by atoms with Gasteiger partial charge in [-0.1, -0.05) is 50.8 Å². The first-order valence-corrected chi connectivity index (χ1v) is 10.2. The predicted molar refractivity (Wildman–Crippen MR) is 106 cm³/mol. The van der Waals surface area contributed by atoms with Gasteiger partial charge in [0.05, 0.1) is 7.11 Å². The number of ether oxygens (including phenoxy) is 1. The van der Waals surface area contributed by atoms with Gasteiger partial charge < -0.3 is 9.30 Å². The summed E-state index contributed by atoms with van der Waals surface area (Å²) in [4.78, 5) is 42.9. The molecule has 1 N–H and O–H groups in total. The van der Waals surface area contributed by atoms with E-state index in [4.69, 9.17) is 4.74 Å². The minimum absolute atomic E-state index is 0.328. The molecule has 0 saturated heterocycles. The number of thioether (sulfide) groups is 1. The van der Waals surface area contributed by atoms with Crippen molar-refractivity contribution in [3.8, 4) is 0 Å². The topological polar surface area (TPSA) is 99.0 Å². The molecule has 2 aromatic heterocycles. The van der Waals surface area contributed by atoms with Gasteiger partial charge in [0, 0.05) is 13.6 Å². The zero-order valence-corrected chi connectivity index (χ0v) is 17.2. The number of carbonyl (C=O) groups excluding carboxylic acids is 1. The number of nitrogens with one attached hydrogen (secondary N) is 1. The lowest BCUT2D eigenvalue weighted by Crippen LogP contribution is -2.29. The largest absolute Gasteiger partial charge is 0.468 e. The van der Waals surface area contributed by atoms with Gasteiger partial charge in [0.15, 0.2) is 16.3 Å². The highest BCUT2D eigenvalue weighted by Gasteiger charge is 2.22. The fraction of sp³-hybridized carbons (Fsp3) is 0.667. The molecule has 2 aromatic rings. The van der Waals surface area contributed by atoms with Crippen molar-refractivity contribution in [2.45, 2.75) is 69.3 Å². The van der Waals surface area contributed by atoms with E-state index < -0.39 is 16.5 Å². The van der Waals surface area contributed by atoms with E-state index in [0.29, 0.717) is 22.9 Å². The molecular weight excluding hydrogens is 368 g/mol. The number of aromatic amines is 1. The second kappa shape index (κ2) is 9.77. The molecule has 9 heteroatoms. The summed E-state index contributed by atoms with van der Waals surface area (Å²) in [7, 11) is 2.91. The molecule has 0 aliphatic heterocycles. The second-order valence-corrected chi connectivity index (χ2v) is 7.90. The Kier molecular flexibility index (Phi) is 7.70. The van der Waals surface area contributed by atoms with Crippen molar-refractivity contribution in [1.29, 1.82) is 0 Å². The Morgan fingerprint density at radius 2 is 1.89 bits per heavy atom. The van der Waals surface area contributed by atoms with Crippen molar-refractivity contribution >= 4 is 28.9 Å². The van der Waals surface area contributed by atoms with Crippen LogP contribution in [-0.4, -0.2) is 37.4 Å². The molecule has 2 rings (SSSR count). The van der Waals surface area contributed by atoms with Gasteiger partial charge in [-0.05, 0) is 13.3 Å². The Hall–Kier alpha value is -2.03. The van der Waals surface area contributed by atoms with Crippen molar-refractivity contribution in [2.24, 2.45) is 7.05 Å². The van der Waals surface area contributed by atoms with Crippen LogP contribution in [0.15, 0.2) is 14.7 Å². The number of carbonyl (C=O) groups is 1. The van der Waals surface area contributed by atoms with Crippen molar-refractivity contribution in [3.05, 3.63) is 20.8 Å². The van der Waals surface area contributed by atoms with Crippen LogP contribution in [0.4, 0.5) is 0 Å². The number of aromatic nitrogens is 4. The molecule has 0 fully saturated rings. The molecular formula is C18H28N4O4S. The van der Waals surface area contributed by atoms with Crippen LogP contribution >= 0.6 is 11.8 Å². The number of nitrogens with zero attached hydrogens (tertiary/aromatic N) is 3. The van der Waals surface area contributed by atoms with E-state index in [-0.39, 0.29) is 5.97 Å². The Balaban J connectivity index is 2.33. The predicted octanol–water partition coefficient (Wildman–Crippen LogP) is 2.44. The smallest absolute Gasteiger partial charge is 0.329 e. The summed E-state index contributed by atoms with van der Waals surface area (Å²) in [6.45, 7) is 4.52. The van der Waals surface area contributed by atoms with Gasteiger partial charge in [0.1, 0.15) is 5.25 Å². The summed E-state index contributed by atoms with van der Waals surface area (Å²) in [6, 6.07) is 0. The van der Waals surface area contributed by atoms with Crippen molar-refractivity contribution in [2.75, 3.05) is 7.11 Å². The minimum Gasteiger partial charge on any atom is -0.468 e. The molecule has 0 spiro atoms. The van der Waals surface area contributed by atoms with Crippen LogP contribution in [0.5, 0.6) is 0 Å². The van der Waals surface area contributed by atoms with Gasteiger partial charge in [-0.3, -0.25) is 19.1 Å². The minimum atomic E-state index is -0.505. The van der Waals surface area contributed by atoms with Gasteiger partial charge >= 0.3 is 11.7 Å². The van der Waals surface area contributed by atoms with Crippen LogP contribution < -0.4 is 11.2 Å². The molecule has 150 valence electrons. The molecule has 0 saturated carbocycles. The zero-order chi connectivity index (χ0) is 20.0. The summed E-state index contributed by atoms with van der Waals surface area (Å²) in [6.07, 6.45) is 6.74. The third-order valence-corrected chi connectivity index (χ3v) is 5.59. The number of imidazole rings is 1. The Bertz CT molecular complexity index is 899. The van der Waals surface area contributed by atoms with Crippen molar-refractivity contribution < 1.29 is 9.53 Å². The van der Waals surface area contributed by atoms with E-state index in [0.717, 1.165) is 19.3 Å². The quantitative estimate of drug-likeness (QED) is 0.376. The molecule has 27 heavy (non-hydrogen) atoms. The van der Waals surface area contributed by atoms with Gasteiger partial charge in [-0.25, -0.2) is 9.78 Å². The first-order valence-electron chi connectivity index (χ1n) is 9.34. The van der Waals surface area contributed by atoms with Crippen LogP contribution in [0.3, 0.4) is 0 Å². The first-order chi connectivity index (χ1) is 12.9. The molecule has 0 aromatic carbocycles. The van der Waals surface area contributed by atoms with E-state index in [1.54, 1.807) is 14.0 Å². The first kappa shape index (κ1) is 21.3. The summed E-state index contributed by atoms with van der Waals surface area (Å²) < 4.78 is 7.92. The normalized spacial score (nSPS) is 12.4. The third kappa shape index (κ3) is 5.03. The number of hydrogen-bond donors (Lipinski definition) is 1. The van der Waals surface area contributed by atoms with Crippen molar-refractivity contribution in [3.63, 3.8) is 0 Å². The Labute approximate surface area is 162 Å². The lowest BCUT2D eigenvalue weighted by molar-refractivity contribution is -0.139. The number of H-pyrrole nitrogens is 1. The van der Waals surface area contributed by atoms with Crippen molar-refractivity contribution in [1.82, 2.24) is 19.1 Å². The van der Waals surface area contributed by atoms with Crippen LogP contribution in [-0.2, 0) is 23.1 Å². The number of methoxy groups -OCH3 is 1. The second-order valence-electron chi connectivity index (χ2n) is 6.59. The number of esters is 1. The van der Waals surface area contributed by atoms with Gasteiger partial charge in [0.2, 0.25) is 0 Å². The Morgan fingerprint density at radius 1 is 1.22 bits per heavy atom. The highest BCUT2D eigenvalue weighted by atomic mass is 32.2. The van der Waals surface area contributed by atoms with Gasteiger partial charge in [-0.15, -0.1) is 0 Å². The molecule has 0 radical (unpaired) electrons. The fourth-order valence-electron chi connectivity index (χ4n) is 2.93. The van der Waals surface area contributed by atoms with Gasteiger partial charge in [0.25, 0.3) is 5.56 Å². The maximum absolute atomic E-state index is 12.4. The fourth-order valence-corrected chi connectivity index (χ4v) is 3.89. The molecule has 2 heterocycles. The Morgan fingerprint density at radius 3 is 2.56 bits per heavy atom. The van der Waals surface area contributed by atoms with E-state index >= 15 is 0 Å². The van der Waals surface area contributed by atoms with Crippen LogP contribution in [0.25, 0.3) is 11.2 Å². The maximum Gasteiger partial charge on any atom is 0.329 e. The molecule has 8 nitrogen and oxygen atoms in total. The average Bonchev–Trinajstić information content (AvgIpc) is 3.00. The van der Waals surface area contributed by atoms with Crippen LogP contribution in [0, 0.1) is 0 Å². The molecule has 0 amide bonds.